The highest BCUT2D eigenvalue weighted by molar-refractivity contribution is 7.17. The lowest BCUT2D eigenvalue weighted by Gasteiger charge is -2.06. The van der Waals surface area contributed by atoms with Gasteiger partial charge in [-0.2, -0.15) is 0 Å². The Bertz CT molecular complexity index is 650. The van der Waals surface area contributed by atoms with E-state index in [9.17, 15) is 9.59 Å². The Morgan fingerprint density at radius 2 is 1.70 bits per heavy atom. The van der Waals surface area contributed by atoms with Crippen molar-refractivity contribution in [3.8, 4) is 0 Å². The van der Waals surface area contributed by atoms with Crippen molar-refractivity contribution in [1.82, 2.24) is 4.98 Å². The quantitative estimate of drug-likeness (QED) is 0.688. The van der Waals surface area contributed by atoms with Crippen molar-refractivity contribution < 1.29 is 9.59 Å². The number of thiazole rings is 1. The number of primary amides is 1. The highest BCUT2D eigenvalue weighted by Gasteiger charge is 2.14. The van der Waals surface area contributed by atoms with Gasteiger partial charge in [0.1, 0.15) is 4.88 Å². The van der Waals surface area contributed by atoms with Gasteiger partial charge in [0, 0.05) is 11.4 Å². The summed E-state index contributed by atoms with van der Waals surface area (Å²) >= 11 is 1.13. The molecule has 1 aromatic carbocycles. The Balaban J connectivity index is 2.08. The van der Waals surface area contributed by atoms with Gasteiger partial charge in [0.25, 0.3) is 5.91 Å². The van der Waals surface area contributed by atoms with E-state index < -0.39 is 6.03 Å². The number of aromatic nitrogens is 1. The number of nitrogens with one attached hydrogen (secondary N) is 2. The maximum Gasteiger partial charge on any atom is 0.316 e. The summed E-state index contributed by atoms with van der Waals surface area (Å²) in [7, 11) is 0. The molecule has 0 spiro atoms. The first-order valence-electron chi connectivity index (χ1n) is 5.66. The average Bonchev–Trinajstić information content (AvgIpc) is 2.70. The van der Waals surface area contributed by atoms with Crippen molar-refractivity contribution in [2.24, 2.45) is 5.73 Å². The van der Waals surface area contributed by atoms with Crippen molar-refractivity contribution in [3.05, 3.63) is 34.8 Å². The zero-order valence-electron chi connectivity index (χ0n) is 10.6. The van der Waals surface area contributed by atoms with E-state index in [4.69, 9.17) is 11.5 Å². The SMILES string of the molecule is Cc1nc(N)sc1C(=O)Nc1ccc(NC(N)=O)cc1. The van der Waals surface area contributed by atoms with Crippen molar-refractivity contribution in [2.75, 3.05) is 16.4 Å². The minimum Gasteiger partial charge on any atom is -0.375 e. The molecule has 20 heavy (non-hydrogen) atoms. The summed E-state index contributed by atoms with van der Waals surface area (Å²) in [4.78, 5) is 27.2. The third-order valence-corrected chi connectivity index (χ3v) is 3.42. The number of hydrogen-bond donors (Lipinski definition) is 4. The molecule has 104 valence electrons. The fourth-order valence-electron chi connectivity index (χ4n) is 1.59. The third kappa shape index (κ3) is 3.23. The minimum atomic E-state index is -0.641. The van der Waals surface area contributed by atoms with Crippen molar-refractivity contribution in [3.63, 3.8) is 0 Å². The first-order chi connectivity index (χ1) is 9.45. The van der Waals surface area contributed by atoms with Crippen LogP contribution in [0.3, 0.4) is 0 Å². The van der Waals surface area contributed by atoms with E-state index >= 15 is 0 Å². The highest BCUT2D eigenvalue weighted by Crippen LogP contribution is 2.21. The Kier molecular flexibility index (Phi) is 3.85. The monoisotopic (exact) mass is 291 g/mol. The van der Waals surface area contributed by atoms with E-state index in [0.717, 1.165) is 11.3 Å². The number of anilines is 3. The van der Waals surface area contributed by atoms with E-state index in [1.807, 2.05) is 0 Å². The smallest absolute Gasteiger partial charge is 0.316 e. The van der Waals surface area contributed by atoms with Gasteiger partial charge in [0.15, 0.2) is 5.13 Å². The van der Waals surface area contributed by atoms with E-state index in [-0.39, 0.29) is 5.91 Å². The van der Waals surface area contributed by atoms with Gasteiger partial charge in [-0.3, -0.25) is 4.79 Å². The molecule has 6 N–H and O–H groups in total. The van der Waals surface area contributed by atoms with Crippen LogP contribution >= 0.6 is 11.3 Å². The molecular formula is C12H13N5O2S. The van der Waals surface area contributed by atoms with Gasteiger partial charge in [-0.15, -0.1) is 0 Å². The molecule has 3 amide bonds. The molecule has 2 aromatic rings. The molecule has 0 bridgehead atoms. The molecule has 0 aliphatic heterocycles. The predicted molar refractivity (Wildman–Crippen MR) is 78.9 cm³/mol. The maximum atomic E-state index is 12.0. The van der Waals surface area contributed by atoms with E-state index in [2.05, 4.69) is 15.6 Å². The van der Waals surface area contributed by atoms with Gasteiger partial charge < -0.3 is 22.1 Å². The van der Waals surface area contributed by atoms with Crippen molar-refractivity contribution in [1.29, 1.82) is 0 Å². The van der Waals surface area contributed by atoms with Gasteiger partial charge in [-0.25, -0.2) is 9.78 Å². The second-order valence-corrected chi connectivity index (χ2v) is 5.02. The van der Waals surface area contributed by atoms with Gasteiger partial charge in [-0.1, -0.05) is 11.3 Å². The molecule has 2 rings (SSSR count). The zero-order chi connectivity index (χ0) is 14.7. The van der Waals surface area contributed by atoms with Crippen LogP contribution in [0.15, 0.2) is 24.3 Å². The molecule has 0 aliphatic rings. The zero-order valence-corrected chi connectivity index (χ0v) is 11.5. The molecule has 0 saturated heterocycles. The summed E-state index contributed by atoms with van der Waals surface area (Å²) in [5, 5.41) is 5.51. The lowest BCUT2D eigenvalue weighted by Crippen LogP contribution is -2.19. The normalized spacial score (nSPS) is 10.1. The predicted octanol–water partition coefficient (Wildman–Crippen LogP) is 1.78. The van der Waals surface area contributed by atoms with E-state index in [1.54, 1.807) is 31.2 Å². The van der Waals surface area contributed by atoms with Gasteiger partial charge in [0.05, 0.1) is 5.69 Å². The van der Waals surface area contributed by atoms with Crippen LogP contribution in [-0.4, -0.2) is 16.9 Å². The van der Waals surface area contributed by atoms with Crippen molar-refractivity contribution >= 4 is 39.8 Å². The van der Waals surface area contributed by atoms with Crippen LogP contribution < -0.4 is 22.1 Å². The number of rotatable bonds is 3. The van der Waals surface area contributed by atoms with Crippen LogP contribution in [0.1, 0.15) is 15.4 Å². The largest absolute Gasteiger partial charge is 0.375 e. The van der Waals surface area contributed by atoms with Crippen LogP contribution in [0.2, 0.25) is 0 Å². The number of hydrogen-bond acceptors (Lipinski definition) is 5. The Morgan fingerprint density at radius 3 is 2.15 bits per heavy atom. The number of carbonyl (C=O) groups excluding carboxylic acids is 2. The number of aryl methyl sites for hydroxylation is 1. The Hall–Kier alpha value is -2.61. The summed E-state index contributed by atoms with van der Waals surface area (Å²) in [6.07, 6.45) is 0. The molecule has 0 aliphatic carbocycles. The highest BCUT2D eigenvalue weighted by atomic mass is 32.1. The standard InChI is InChI=1S/C12H13N5O2S/c1-6-9(20-12(14)15-6)10(18)16-7-2-4-8(5-3-7)17-11(13)19/h2-5H,1H3,(H2,14,15)(H,16,18)(H3,13,17,19). The summed E-state index contributed by atoms with van der Waals surface area (Å²) in [5.74, 6) is -0.271. The molecule has 1 aromatic heterocycles. The first kappa shape index (κ1) is 13.8. The number of carbonyl (C=O) groups is 2. The maximum absolute atomic E-state index is 12.0. The van der Waals surface area contributed by atoms with Gasteiger partial charge in [0.2, 0.25) is 0 Å². The molecule has 0 radical (unpaired) electrons. The number of urea groups is 1. The first-order valence-corrected chi connectivity index (χ1v) is 6.48. The van der Waals surface area contributed by atoms with Crippen LogP contribution in [0.4, 0.5) is 21.3 Å². The third-order valence-electron chi connectivity index (χ3n) is 2.43. The number of benzene rings is 1. The van der Waals surface area contributed by atoms with Gasteiger partial charge >= 0.3 is 6.03 Å². The van der Waals surface area contributed by atoms with Crippen LogP contribution in [-0.2, 0) is 0 Å². The Morgan fingerprint density at radius 1 is 1.15 bits per heavy atom. The van der Waals surface area contributed by atoms with Crippen LogP contribution in [0.5, 0.6) is 0 Å². The average molecular weight is 291 g/mol. The topological polar surface area (TPSA) is 123 Å². The summed E-state index contributed by atoms with van der Waals surface area (Å²) < 4.78 is 0. The number of nitrogens with two attached hydrogens (primary N) is 2. The lowest BCUT2D eigenvalue weighted by atomic mass is 10.2. The molecular weight excluding hydrogens is 278 g/mol. The van der Waals surface area contributed by atoms with Crippen LogP contribution in [0.25, 0.3) is 0 Å². The molecule has 1 heterocycles. The summed E-state index contributed by atoms with van der Waals surface area (Å²) in [6, 6.07) is 5.94. The number of nitrogen functional groups attached to an aromatic ring is 1. The van der Waals surface area contributed by atoms with Crippen LogP contribution in [0, 0.1) is 6.92 Å². The minimum absolute atomic E-state index is 0.271. The van der Waals surface area contributed by atoms with Crippen molar-refractivity contribution in [2.45, 2.75) is 6.92 Å². The Labute approximate surface area is 119 Å². The second kappa shape index (κ2) is 5.57. The van der Waals surface area contributed by atoms with E-state index in [1.165, 1.54) is 0 Å². The molecule has 8 heteroatoms. The molecule has 0 atom stereocenters. The lowest BCUT2D eigenvalue weighted by molar-refractivity contribution is 0.103. The number of nitrogens with zero attached hydrogens (tertiary/aromatic N) is 1. The summed E-state index contributed by atoms with van der Waals surface area (Å²) in [5.41, 5.74) is 12.3. The second-order valence-electron chi connectivity index (χ2n) is 3.99. The molecule has 0 fully saturated rings. The molecule has 7 nitrogen and oxygen atoms in total. The molecule has 0 unspecified atom stereocenters. The number of amides is 3. The van der Waals surface area contributed by atoms with E-state index in [0.29, 0.717) is 27.1 Å². The fourth-order valence-corrected chi connectivity index (χ4v) is 2.32. The summed E-state index contributed by atoms with van der Waals surface area (Å²) in [6.45, 7) is 1.72. The van der Waals surface area contributed by atoms with Gasteiger partial charge in [-0.05, 0) is 31.2 Å². The fraction of sp³-hybridized carbons (Fsp3) is 0.0833. The molecule has 0 saturated carbocycles.